The smallest absolute Gasteiger partial charge is 0.340 e. The number of ether oxygens (including phenoxy) is 2. The fraction of sp³-hybridized carbons (Fsp3) is 0.600. The molecular weight excluding hydrogens is 501 g/mol. The highest BCUT2D eigenvalue weighted by Gasteiger charge is 2.27. The predicted octanol–water partition coefficient (Wildman–Crippen LogP) is 9.84. The van der Waals surface area contributed by atoms with Crippen molar-refractivity contribution in [1.82, 2.24) is 0 Å². The van der Waals surface area contributed by atoms with Gasteiger partial charge in [0.15, 0.2) is 6.17 Å². The van der Waals surface area contributed by atoms with Crippen LogP contribution in [0.1, 0.15) is 127 Å². The van der Waals surface area contributed by atoms with Crippen molar-refractivity contribution in [3.63, 3.8) is 0 Å². The average Bonchev–Trinajstić information content (AvgIpc) is 2.99. The quantitative estimate of drug-likeness (QED) is 0.145. The van der Waals surface area contributed by atoms with E-state index in [-0.39, 0.29) is 12.5 Å². The van der Waals surface area contributed by atoms with Crippen LogP contribution in [0.15, 0.2) is 42.5 Å². The number of rotatable bonds is 17. The topological polar surface area (TPSA) is 59.3 Å². The zero-order valence-electron chi connectivity index (χ0n) is 24.6. The first kappa shape index (κ1) is 31.7. The largest absolute Gasteiger partial charge is 0.492 e. The van der Waals surface area contributed by atoms with Crippen LogP contribution in [0.25, 0.3) is 11.1 Å². The molecule has 0 unspecified atom stereocenters. The van der Waals surface area contributed by atoms with Gasteiger partial charge in [-0.2, -0.15) is 5.26 Å². The first-order valence-electron chi connectivity index (χ1n) is 15.7. The Morgan fingerprint density at radius 1 is 0.875 bits per heavy atom. The molecule has 0 aliphatic heterocycles. The molecule has 0 saturated heterocycles. The Kier molecular flexibility index (Phi) is 14.0. The van der Waals surface area contributed by atoms with Gasteiger partial charge in [-0.05, 0) is 73.3 Å². The van der Waals surface area contributed by atoms with Crippen LogP contribution in [0, 0.1) is 11.3 Å². The number of nitrogens with zero attached hydrogens (tertiary/aromatic N) is 1. The zero-order valence-corrected chi connectivity index (χ0v) is 24.6. The summed E-state index contributed by atoms with van der Waals surface area (Å²) in [5, 5.41) is 9.71. The summed E-state index contributed by atoms with van der Waals surface area (Å²) in [6, 6.07) is 16.7. The third-order valence-electron chi connectivity index (χ3n) is 8.09. The maximum atomic E-state index is 14.0. The van der Waals surface area contributed by atoms with E-state index in [0.29, 0.717) is 30.3 Å². The number of carbonyl (C=O) groups is 1. The molecular formula is C35H48FNO3. The Balaban J connectivity index is 1.45. The van der Waals surface area contributed by atoms with E-state index in [9.17, 15) is 14.4 Å². The Morgan fingerprint density at radius 3 is 2.15 bits per heavy atom. The third-order valence-corrected chi connectivity index (χ3v) is 8.09. The molecule has 0 radical (unpaired) electrons. The Hall–Kier alpha value is -2.87. The third kappa shape index (κ3) is 10.3. The lowest BCUT2D eigenvalue weighted by atomic mass is 9.82. The van der Waals surface area contributed by atoms with Gasteiger partial charge >= 0.3 is 5.97 Å². The van der Waals surface area contributed by atoms with Crippen LogP contribution >= 0.6 is 0 Å². The molecule has 0 heterocycles. The number of halogens is 1. The van der Waals surface area contributed by atoms with Crippen molar-refractivity contribution in [2.24, 2.45) is 0 Å². The molecule has 0 amide bonds. The highest BCUT2D eigenvalue weighted by molar-refractivity contribution is 5.74. The standard InChI is InChI=1S/C35H48FNO3/c1-3-5-7-8-9-10-11-12-24-39-34-23-20-30(25-31(34)26-37)29-16-14-27(15-17-29)28-18-21-32(22-19-28)40-35(38)33(36)13-6-4-2/h14-17,20,23,25,28,32-33H,3-13,18-19,21-22,24H2,1-2H3/t28-,32-,33-/m0/s1. The summed E-state index contributed by atoms with van der Waals surface area (Å²) in [6.07, 6.45) is 13.6. The molecule has 0 aromatic heterocycles. The van der Waals surface area contributed by atoms with E-state index in [4.69, 9.17) is 9.47 Å². The van der Waals surface area contributed by atoms with Crippen molar-refractivity contribution in [1.29, 1.82) is 5.26 Å². The monoisotopic (exact) mass is 549 g/mol. The van der Waals surface area contributed by atoms with Gasteiger partial charge in [0.2, 0.25) is 0 Å². The minimum atomic E-state index is -1.50. The number of carbonyl (C=O) groups excluding carboxylic acids is 1. The lowest BCUT2D eigenvalue weighted by Crippen LogP contribution is -2.28. The van der Waals surface area contributed by atoms with Crippen LogP contribution in [0.4, 0.5) is 4.39 Å². The second-order valence-electron chi connectivity index (χ2n) is 11.3. The lowest BCUT2D eigenvalue weighted by molar-refractivity contribution is -0.157. The van der Waals surface area contributed by atoms with Gasteiger partial charge in [-0.3, -0.25) is 0 Å². The average molecular weight is 550 g/mol. The first-order valence-corrected chi connectivity index (χ1v) is 15.7. The van der Waals surface area contributed by atoms with Gasteiger partial charge in [-0.15, -0.1) is 0 Å². The van der Waals surface area contributed by atoms with E-state index < -0.39 is 12.1 Å². The molecule has 0 spiro atoms. The minimum absolute atomic E-state index is 0.177. The molecule has 1 aliphatic rings. The fourth-order valence-electron chi connectivity index (χ4n) is 5.54. The molecule has 40 heavy (non-hydrogen) atoms. The molecule has 1 atom stereocenters. The summed E-state index contributed by atoms with van der Waals surface area (Å²) < 4.78 is 25.4. The van der Waals surface area contributed by atoms with E-state index in [1.165, 1.54) is 50.5 Å². The van der Waals surface area contributed by atoms with Crippen molar-refractivity contribution >= 4 is 5.97 Å². The van der Waals surface area contributed by atoms with Gasteiger partial charge in [0.1, 0.15) is 17.9 Å². The van der Waals surface area contributed by atoms with Crippen LogP contribution in [-0.2, 0) is 9.53 Å². The van der Waals surface area contributed by atoms with Crippen LogP contribution in [-0.4, -0.2) is 24.9 Å². The number of nitriles is 1. The number of benzene rings is 2. The molecule has 1 fully saturated rings. The van der Waals surface area contributed by atoms with Gasteiger partial charge in [-0.25, -0.2) is 9.18 Å². The minimum Gasteiger partial charge on any atom is -0.492 e. The zero-order chi connectivity index (χ0) is 28.6. The van der Waals surface area contributed by atoms with Crippen molar-refractivity contribution in [3.8, 4) is 22.9 Å². The normalized spacial score (nSPS) is 17.6. The van der Waals surface area contributed by atoms with E-state index >= 15 is 0 Å². The lowest BCUT2D eigenvalue weighted by Gasteiger charge is -2.29. The number of esters is 1. The summed E-state index contributed by atoms with van der Waals surface area (Å²) in [4.78, 5) is 12.0. The van der Waals surface area contributed by atoms with Crippen LogP contribution in [0.2, 0.25) is 0 Å². The van der Waals surface area contributed by atoms with Gasteiger partial charge in [-0.1, -0.05) is 102 Å². The van der Waals surface area contributed by atoms with Crippen molar-refractivity contribution in [3.05, 3.63) is 53.6 Å². The van der Waals surface area contributed by atoms with Crippen molar-refractivity contribution in [2.45, 2.75) is 128 Å². The number of alkyl halides is 1. The van der Waals surface area contributed by atoms with Crippen LogP contribution in [0.5, 0.6) is 5.75 Å². The van der Waals surface area contributed by atoms with E-state index in [0.717, 1.165) is 49.7 Å². The summed E-state index contributed by atoms with van der Waals surface area (Å²) in [5.74, 6) is 0.377. The Labute approximate surface area is 241 Å². The highest BCUT2D eigenvalue weighted by Crippen LogP contribution is 2.35. The molecule has 2 aromatic rings. The van der Waals surface area contributed by atoms with Gasteiger partial charge in [0.25, 0.3) is 0 Å². The molecule has 5 heteroatoms. The Morgan fingerprint density at radius 2 is 1.50 bits per heavy atom. The SMILES string of the molecule is CCCCCCCCCCOc1ccc(-c2ccc([C@H]3CC[C@H](OC(=O)[C@@H](F)CCCC)CC3)cc2)cc1C#N. The van der Waals surface area contributed by atoms with Crippen molar-refractivity contribution < 1.29 is 18.7 Å². The highest BCUT2D eigenvalue weighted by atomic mass is 19.1. The van der Waals surface area contributed by atoms with E-state index in [2.05, 4.69) is 37.3 Å². The molecule has 218 valence electrons. The number of hydrogen-bond acceptors (Lipinski definition) is 4. The van der Waals surface area contributed by atoms with E-state index in [1.54, 1.807) is 0 Å². The Bertz CT molecular complexity index is 1050. The fourth-order valence-corrected chi connectivity index (χ4v) is 5.54. The summed E-state index contributed by atoms with van der Waals surface area (Å²) in [5.41, 5.74) is 3.91. The molecule has 3 rings (SSSR count). The maximum Gasteiger partial charge on any atom is 0.340 e. The molecule has 0 bridgehead atoms. The van der Waals surface area contributed by atoms with Gasteiger partial charge in [0.05, 0.1) is 12.2 Å². The molecule has 1 saturated carbocycles. The summed E-state index contributed by atoms with van der Waals surface area (Å²) >= 11 is 0. The van der Waals surface area contributed by atoms with Crippen LogP contribution in [0.3, 0.4) is 0 Å². The second kappa shape index (κ2) is 17.7. The first-order chi connectivity index (χ1) is 19.5. The maximum absolute atomic E-state index is 14.0. The molecule has 4 nitrogen and oxygen atoms in total. The van der Waals surface area contributed by atoms with Crippen LogP contribution < -0.4 is 4.74 Å². The van der Waals surface area contributed by atoms with Gasteiger partial charge < -0.3 is 9.47 Å². The van der Waals surface area contributed by atoms with Gasteiger partial charge in [0, 0.05) is 0 Å². The summed E-state index contributed by atoms with van der Waals surface area (Å²) in [6.45, 7) is 4.87. The molecule has 0 N–H and O–H groups in total. The van der Waals surface area contributed by atoms with Crippen molar-refractivity contribution in [2.75, 3.05) is 6.61 Å². The second-order valence-corrected chi connectivity index (χ2v) is 11.3. The molecule has 1 aliphatic carbocycles. The predicted molar refractivity (Wildman–Crippen MR) is 160 cm³/mol. The number of hydrogen-bond donors (Lipinski definition) is 0. The number of unbranched alkanes of at least 4 members (excludes halogenated alkanes) is 8. The summed E-state index contributed by atoms with van der Waals surface area (Å²) in [7, 11) is 0. The van der Waals surface area contributed by atoms with E-state index in [1.807, 2.05) is 25.1 Å². The molecule has 2 aromatic carbocycles.